The van der Waals surface area contributed by atoms with Crippen molar-refractivity contribution in [2.24, 2.45) is 0 Å². The molecule has 1 unspecified atom stereocenters. The van der Waals surface area contributed by atoms with E-state index in [0.717, 1.165) is 22.3 Å². The van der Waals surface area contributed by atoms with Crippen LogP contribution in [0.4, 0.5) is 4.79 Å². The van der Waals surface area contributed by atoms with Crippen molar-refractivity contribution in [1.82, 2.24) is 4.90 Å². The lowest BCUT2D eigenvalue weighted by atomic mass is 9.73. The Balaban J connectivity index is 1.42. The maximum atomic E-state index is 12.8. The molecule has 1 fully saturated rings. The van der Waals surface area contributed by atoms with Gasteiger partial charge in [0.15, 0.2) is 0 Å². The van der Waals surface area contributed by atoms with E-state index in [1.807, 2.05) is 25.1 Å². The molecule has 4 rings (SSSR count). The Hall–Kier alpha value is -3.05. The predicted octanol–water partition coefficient (Wildman–Crippen LogP) is 5.65. The molecular weight excluding hydrogens is 426 g/mol. The van der Waals surface area contributed by atoms with E-state index in [2.05, 4.69) is 18.7 Å². The zero-order valence-electron chi connectivity index (χ0n) is 18.0. The fraction of sp³-hybridized carbons (Fsp3) is 0.308. The summed E-state index contributed by atoms with van der Waals surface area (Å²) in [6.07, 6.45) is 2.09. The first-order valence-electron chi connectivity index (χ1n) is 10.7. The minimum absolute atomic E-state index is 0.000109. The molecule has 1 saturated heterocycles. The van der Waals surface area contributed by atoms with Gasteiger partial charge in [0.05, 0.1) is 5.41 Å². The van der Waals surface area contributed by atoms with Crippen molar-refractivity contribution in [3.8, 4) is 0 Å². The molecule has 0 aromatic heterocycles. The lowest BCUT2D eigenvalue weighted by Gasteiger charge is -2.38. The lowest BCUT2D eigenvalue weighted by Crippen LogP contribution is -2.49. The number of fused-ring (bicyclic) bond motifs is 1. The average Bonchev–Trinajstić information content (AvgIpc) is 3.08. The van der Waals surface area contributed by atoms with Crippen molar-refractivity contribution in [1.29, 1.82) is 0 Å². The van der Waals surface area contributed by atoms with E-state index in [0.29, 0.717) is 36.5 Å². The maximum Gasteiger partial charge on any atom is 0.409 e. The lowest BCUT2D eigenvalue weighted by molar-refractivity contribution is -0.145. The fourth-order valence-electron chi connectivity index (χ4n) is 4.88. The van der Waals surface area contributed by atoms with Crippen LogP contribution in [0, 0.1) is 0 Å². The number of likely N-dealkylation sites (tertiary alicyclic amines) is 1. The van der Waals surface area contributed by atoms with Gasteiger partial charge in [-0.3, -0.25) is 4.79 Å². The van der Waals surface area contributed by atoms with Gasteiger partial charge in [0, 0.05) is 24.0 Å². The fourth-order valence-corrected chi connectivity index (χ4v) is 5.00. The third-order valence-corrected chi connectivity index (χ3v) is 7.08. The molecule has 2 aromatic carbocycles. The summed E-state index contributed by atoms with van der Waals surface area (Å²) in [6.45, 7) is 6.86. The predicted molar refractivity (Wildman–Crippen MR) is 125 cm³/mol. The highest BCUT2D eigenvalue weighted by molar-refractivity contribution is 6.30. The second-order valence-corrected chi connectivity index (χ2v) is 8.84. The molecule has 1 aliphatic heterocycles. The second-order valence-electron chi connectivity index (χ2n) is 8.40. The van der Waals surface area contributed by atoms with Crippen molar-refractivity contribution in [3.63, 3.8) is 0 Å². The van der Waals surface area contributed by atoms with E-state index >= 15 is 0 Å². The molecule has 2 aliphatic rings. The van der Waals surface area contributed by atoms with Crippen molar-refractivity contribution in [3.05, 3.63) is 88.5 Å². The van der Waals surface area contributed by atoms with Crippen LogP contribution in [0.1, 0.15) is 42.4 Å². The molecule has 1 atom stereocenters. The van der Waals surface area contributed by atoms with Crippen molar-refractivity contribution < 1.29 is 19.4 Å². The van der Waals surface area contributed by atoms with Crippen LogP contribution in [0.5, 0.6) is 0 Å². The highest BCUT2D eigenvalue weighted by Gasteiger charge is 2.44. The summed E-state index contributed by atoms with van der Waals surface area (Å²) in [5, 5.41) is 10.5. The summed E-state index contributed by atoms with van der Waals surface area (Å²) in [4.78, 5) is 26.6. The third-order valence-electron chi connectivity index (χ3n) is 6.83. The van der Waals surface area contributed by atoms with Crippen molar-refractivity contribution in [2.75, 3.05) is 19.7 Å². The van der Waals surface area contributed by atoms with Crippen molar-refractivity contribution in [2.45, 2.75) is 31.1 Å². The molecule has 2 aromatic rings. The first-order valence-corrected chi connectivity index (χ1v) is 11.1. The summed E-state index contributed by atoms with van der Waals surface area (Å²) in [5.41, 5.74) is 4.19. The van der Waals surface area contributed by atoms with Gasteiger partial charge in [-0.15, -0.1) is 0 Å². The van der Waals surface area contributed by atoms with Gasteiger partial charge in [0.1, 0.15) is 6.61 Å². The molecule has 0 spiro atoms. The molecule has 32 heavy (non-hydrogen) atoms. The SMILES string of the molecule is C=CC1=C(C)C(COC(=O)N2CCC(C(=O)O)(c3ccc(Cl)cc3)CC2)c2ccccc21. The number of aliphatic carboxylic acids is 1. The molecule has 1 amide bonds. The number of hydrogen-bond donors (Lipinski definition) is 1. The number of benzene rings is 2. The zero-order valence-corrected chi connectivity index (χ0v) is 18.8. The van der Waals surface area contributed by atoms with E-state index in [4.69, 9.17) is 16.3 Å². The quantitative estimate of drug-likeness (QED) is 0.637. The van der Waals surface area contributed by atoms with Crippen LogP contribution in [0.15, 0.2) is 66.8 Å². The Morgan fingerprint density at radius 2 is 1.84 bits per heavy atom. The molecule has 0 saturated carbocycles. The number of halogens is 1. The molecular formula is C26H26ClNO4. The number of hydrogen-bond acceptors (Lipinski definition) is 3. The van der Waals surface area contributed by atoms with Gasteiger partial charge in [-0.25, -0.2) is 4.79 Å². The van der Waals surface area contributed by atoms with Crippen LogP contribution in [0.2, 0.25) is 5.02 Å². The number of ether oxygens (including phenoxy) is 1. The van der Waals surface area contributed by atoms with Crippen LogP contribution in [-0.4, -0.2) is 41.8 Å². The summed E-state index contributed by atoms with van der Waals surface area (Å²) >= 11 is 5.96. The molecule has 1 N–H and O–H groups in total. The Morgan fingerprint density at radius 3 is 2.47 bits per heavy atom. The molecule has 0 bridgehead atoms. The highest BCUT2D eigenvalue weighted by atomic mass is 35.5. The van der Waals surface area contributed by atoms with Gasteiger partial charge >= 0.3 is 12.1 Å². The van der Waals surface area contributed by atoms with E-state index in [1.165, 1.54) is 0 Å². The number of rotatable bonds is 5. The molecule has 5 nitrogen and oxygen atoms in total. The summed E-state index contributed by atoms with van der Waals surface area (Å²) in [5.74, 6) is -0.881. The highest BCUT2D eigenvalue weighted by Crippen LogP contribution is 2.42. The smallest absolute Gasteiger partial charge is 0.409 e. The monoisotopic (exact) mass is 451 g/mol. The van der Waals surface area contributed by atoms with Gasteiger partial charge in [0.25, 0.3) is 0 Å². The number of nitrogens with zero attached hydrogens (tertiary/aromatic N) is 1. The number of carboxylic acids is 1. The van der Waals surface area contributed by atoms with Crippen LogP contribution >= 0.6 is 11.6 Å². The van der Waals surface area contributed by atoms with Gasteiger partial charge in [-0.05, 0) is 54.2 Å². The number of allylic oxidation sites excluding steroid dienone is 2. The first-order chi connectivity index (χ1) is 15.4. The van der Waals surface area contributed by atoms with E-state index in [9.17, 15) is 14.7 Å². The van der Waals surface area contributed by atoms with Gasteiger partial charge in [-0.2, -0.15) is 0 Å². The summed E-state index contributed by atoms with van der Waals surface area (Å²) in [6, 6.07) is 15.0. The van der Waals surface area contributed by atoms with Gasteiger partial charge in [0.2, 0.25) is 0 Å². The summed E-state index contributed by atoms with van der Waals surface area (Å²) < 4.78 is 5.69. The second kappa shape index (κ2) is 8.83. The molecule has 0 radical (unpaired) electrons. The molecule has 1 aliphatic carbocycles. The number of piperidine rings is 1. The normalized spacial score (nSPS) is 19.4. The minimum Gasteiger partial charge on any atom is -0.481 e. The zero-order chi connectivity index (χ0) is 22.9. The largest absolute Gasteiger partial charge is 0.481 e. The Labute approximate surface area is 193 Å². The third kappa shape index (κ3) is 3.82. The van der Waals surface area contributed by atoms with Crippen LogP contribution < -0.4 is 0 Å². The first kappa shape index (κ1) is 22.2. The van der Waals surface area contributed by atoms with E-state index in [1.54, 1.807) is 29.2 Å². The Kier molecular flexibility index (Phi) is 6.11. The summed E-state index contributed by atoms with van der Waals surface area (Å²) in [7, 11) is 0. The molecule has 166 valence electrons. The van der Waals surface area contributed by atoms with Crippen LogP contribution in [0.3, 0.4) is 0 Å². The van der Waals surface area contributed by atoms with E-state index < -0.39 is 17.5 Å². The van der Waals surface area contributed by atoms with E-state index in [-0.39, 0.29) is 12.5 Å². The molecule has 6 heteroatoms. The van der Waals surface area contributed by atoms with Crippen LogP contribution in [0.25, 0.3) is 5.57 Å². The van der Waals surface area contributed by atoms with Gasteiger partial charge < -0.3 is 14.7 Å². The standard InChI is InChI=1S/C26H26ClNO4/c1-3-20-17(2)23(22-7-5-4-6-21(20)22)16-32-25(31)28-14-12-26(13-15-28,24(29)30)18-8-10-19(27)11-9-18/h3-11,23H,1,12-16H2,2H3,(H,29,30). The number of amides is 1. The number of carboxylic acid groups (broad SMARTS) is 1. The number of carbonyl (C=O) groups is 2. The topological polar surface area (TPSA) is 66.8 Å². The Bertz CT molecular complexity index is 1080. The molecule has 1 heterocycles. The van der Waals surface area contributed by atoms with Crippen molar-refractivity contribution >= 4 is 29.2 Å². The number of carbonyl (C=O) groups excluding carboxylic acids is 1. The minimum atomic E-state index is -1.02. The average molecular weight is 452 g/mol. The van der Waals surface area contributed by atoms with Gasteiger partial charge in [-0.1, -0.05) is 66.2 Å². The Morgan fingerprint density at radius 1 is 1.19 bits per heavy atom. The van der Waals surface area contributed by atoms with Crippen LogP contribution in [-0.2, 0) is 14.9 Å². The maximum absolute atomic E-state index is 12.8.